The smallest absolute Gasteiger partial charge is 0.312 e. The number of hydrogen-bond donors (Lipinski definition) is 1. The second kappa shape index (κ2) is 7.93. The van der Waals surface area contributed by atoms with E-state index in [1.54, 1.807) is 0 Å². The molecule has 0 heterocycles. The van der Waals surface area contributed by atoms with Gasteiger partial charge in [0, 0.05) is 12.6 Å². The molecule has 1 atom stereocenters. The molecule has 0 aliphatic rings. The van der Waals surface area contributed by atoms with Gasteiger partial charge in [0.25, 0.3) is 0 Å². The lowest BCUT2D eigenvalue weighted by molar-refractivity contribution is -0.323. The van der Waals surface area contributed by atoms with Gasteiger partial charge in [0.15, 0.2) is 0 Å². The van der Waals surface area contributed by atoms with Gasteiger partial charge in [-0.3, -0.25) is 4.74 Å². The van der Waals surface area contributed by atoms with Gasteiger partial charge in [-0.25, -0.2) is 0 Å². The van der Waals surface area contributed by atoms with E-state index >= 15 is 0 Å². The van der Waals surface area contributed by atoms with Gasteiger partial charge in [-0.05, 0) is 13.3 Å². The van der Waals surface area contributed by atoms with Gasteiger partial charge in [-0.15, -0.1) is 13.2 Å². The van der Waals surface area contributed by atoms with Crippen LogP contribution in [0.25, 0.3) is 0 Å². The van der Waals surface area contributed by atoms with Crippen molar-refractivity contribution in [3.05, 3.63) is 0 Å². The van der Waals surface area contributed by atoms with Gasteiger partial charge in [0.1, 0.15) is 0 Å². The number of ether oxygens (including phenoxy) is 1. The van der Waals surface area contributed by atoms with Crippen LogP contribution in [-0.2, 0) is 4.74 Å². The van der Waals surface area contributed by atoms with Gasteiger partial charge in [0.05, 0.1) is 6.61 Å². The molecule has 0 aromatic heterocycles. The first-order valence-corrected chi connectivity index (χ1v) is 5.39. The molecule has 0 spiro atoms. The first-order chi connectivity index (χ1) is 6.95. The predicted octanol–water partition coefficient (Wildman–Crippen LogP) is 3.08. The first kappa shape index (κ1) is 14.7. The molecule has 15 heavy (non-hydrogen) atoms. The highest BCUT2D eigenvalue weighted by atomic mass is 19.4. The highest BCUT2D eigenvalue weighted by Gasteiger charge is 2.28. The summed E-state index contributed by atoms with van der Waals surface area (Å²) in [4.78, 5) is 0. The minimum Gasteiger partial charge on any atom is -0.312 e. The fraction of sp³-hybridized carbons (Fsp3) is 1.00. The second-order valence-corrected chi connectivity index (χ2v) is 3.65. The van der Waals surface area contributed by atoms with E-state index < -0.39 is 6.36 Å². The summed E-state index contributed by atoms with van der Waals surface area (Å²) in [5.74, 6) is 0. The fourth-order valence-corrected chi connectivity index (χ4v) is 1.27. The third kappa shape index (κ3) is 11.6. The number of unbranched alkanes of at least 4 members (excludes halogenated alkanes) is 2. The molecule has 2 nitrogen and oxygen atoms in total. The molecule has 0 aliphatic heterocycles. The van der Waals surface area contributed by atoms with Crippen molar-refractivity contribution >= 4 is 0 Å². The summed E-state index contributed by atoms with van der Waals surface area (Å²) < 4.78 is 38.4. The maximum atomic E-state index is 11.6. The zero-order chi connectivity index (χ0) is 11.7. The van der Waals surface area contributed by atoms with E-state index in [1.807, 2.05) is 6.92 Å². The van der Waals surface area contributed by atoms with Crippen molar-refractivity contribution < 1.29 is 17.9 Å². The van der Waals surface area contributed by atoms with E-state index in [0.29, 0.717) is 0 Å². The van der Waals surface area contributed by atoms with Crippen LogP contribution in [0.3, 0.4) is 0 Å². The quantitative estimate of drug-likeness (QED) is 0.643. The predicted molar refractivity (Wildman–Crippen MR) is 53.6 cm³/mol. The molecule has 0 saturated heterocycles. The van der Waals surface area contributed by atoms with Crippen LogP contribution in [0.2, 0.25) is 0 Å². The average Bonchev–Trinajstić information content (AvgIpc) is 2.11. The lowest BCUT2D eigenvalue weighted by atomic mass is 10.1. The van der Waals surface area contributed by atoms with Crippen LogP contribution >= 0.6 is 0 Å². The Hall–Kier alpha value is -0.290. The molecule has 0 radical (unpaired) electrons. The molecule has 5 heteroatoms. The van der Waals surface area contributed by atoms with Crippen molar-refractivity contribution in [2.75, 3.05) is 13.2 Å². The van der Waals surface area contributed by atoms with Crippen molar-refractivity contribution in [3.63, 3.8) is 0 Å². The van der Waals surface area contributed by atoms with Crippen LogP contribution in [0.5, 0.6) is 0 Å². The molecule has 0 saturated carbocycles. The maximum Gasteiger partial charge on any atom is 0.522 e. The summed E-state index contributed by atoms with van der Waals surface area (Å²) in [6.45, 7) is 4.02. The SMILES string of the molecule is CCCCCC(C)NCCOC(F)(F)F. The highest BCUT2D eigenvalue weighted by Crippen LogP contribution is 2.15. The summed E-state index contributed by atoms with van der Waals surface area (Å²) >= 11 is 0. The van der Waals surface area contributed by atoms with Gasteiger partial charge in [-0.2, -0.15) is 0 Å². The highest BCUT2D eigenvalue weighted by molar-refractivity contribution is 4.60. The zero-order valence-corrected chi connectivity index (χ0v) is 9.36. The molecule has 0 fully saturated rings. The summed E-state index contributed by atoms with van der Waals surface area (Å²) in [6.07, 6.45) is -0.0627. The van der Waals surface area contributed by atoms with Gasteiger partial charge in [-0.1, -0.05) is 26.2 Å². The Morgan fingerprint density at radius 3 is 2.47 bits per heavy atom. The molecule has 0 bridgehead atoms. The maximum absolute atomic E-state index is 11.6. The molecule has 0 amide bonds. The number of rotatable bonds is 8. The van der Waals surface area contributed by atoms with Crippen molar-refractivity contribution in [3.8, 4) is 0 Å². The van der Waals surface area contributed by atoms with Crippen molar-refractivity contribution in [1.29, 1.82) is 0 Å². The van der Waals surface area contributed by atoms with Gasteiger partial charge >= 0.3 is 6.36 Å². The summed E-state index contributed by atoms with van der Waals surface area (Å²) in [7, 11) is 0. The Labute approximate surface area is 89.2 Å². The number of hydrogen-bond acceptors (Lipinski definition) is 2. The van der Waals surface area contributed by atoms with Crippen LogP contribution in [0.4, 0.5) is 13.2 Å². The van der Waals surface area contributed by atoms with Crippen molar-refractivity contribution in [2.45, 2.75) is 51.9 Å². The Morgan fingerprint density at radius 1 is 1.27 bits per heavy atom. The Morgan fingerprint density at radius 2 is 1.93 bits per heavy atom. The third-order valence-corrected chi connectivity index (χ3v) is 2.10. The fourth-order valence-electron chi connectivity index (χ4n) is 1.27. The Bertz CT molecular complexity index is 150. The van der Waals surface area contributed by atoms with E-state index in [1.165, 1.54) is 6.42 Å². The molecule has 0 aromatic carbocycles. The second-order valence-electron chi connectivity index (χ2n) is 3.65. The van der Waals surface area contributed by atoms with Crippen molar-refractivity contribution in [2.24, 2.45) is 0 Å². The van der Waals surface area contributed by atoms with Gasteiger partial charge < -0.3 is 5.32 Å². The monoisotopic (exact) mass is 227 g/mol. The molecule has 1 unspecified atom stereocenters. The Kier molecular flexibility index (Phi) is 7.78. The lowest BCUT2D eigenvalue weighted by Crippen LogP contribution is -2.31. The molecule has 1 N–H and O–H groups in total. The van der Waals surface area contributed by atoms with Crippen LogP contribution in [0.15, 0.2) is 0 Å². The van der Waals surface area contributed by atoms with Crippen molar-refractivity contribution in [1.82, 2.24) is 5.32 Å². The Balaban J connectivity index is 3.27. The average molecular weight is 227 g/mol. The largest absolute Gasteiger partial charge is 0.522 e. The summed E-state index contributed by atoms with van der Waals surface area (Å²) in [5.41, 5.74) is 0. The zero-order valence-electron chi connectivity index (χ0n) is 9.36. The minimum atomic E-state index is -4.51. The van der Waals surface area contributed by atoms with Crippen LogP contribution in [0, 0.1) is 0 Å². The third-order valence-electron chi connectivity index (χ3n) is 2.10. The number of halogens is 3. The van der Waals surface area contributed by atoms with E-state index in [4.69, 9.17) is 0 Å². The molecule has 0 aliphatic carbocycles. The standard InChI is InChI=1S/C10H20F3NO/c1-3-4-5-6-9(2)14-7-8-15-10(11,12)13/h9,14H,3-8H2,1-2H3. The van der Waals surface area contributed by atoms with Crippen LogP contribution in [0.1, 0.15) is 39.5 Å². The molecule has 0 rings (SSSR count). The molecular weight excluding hydrogens is 207 g/mol. The minimum absolute atomic E-state index is 0.243. The molecular formula is C10H20F3NO. The number of alkyl halides is 3. The summed E-state index contributed by atoms with van der Waals surface area (Å²) in [6, 6.07) is 0.258. The van der Waals surface area contributed by atoms with Gasteiger partial charge in [0.2, 0.25) is 0 Å². The topological polar surface area (TPSA) is 21.3 Å². The lowest BCUT2D eigenvalue weighted by Gasteiger charge is -2.14. The van der Waals surface area contributed by atoms with E-state index in [0.717, 1.165) is 19.3 Å². The normalized spacial score (nSPS) is 14.2. The van der Waals surface area contributed by atoms with E-state index in [9.17, 15) is 13.2 Å². The number of nitrogens with one attached hydrogen (secondary N) is 1. The van der Waals surface area contributed by atoms with Crippen LogP contribution < -0.4 is 5.32 Å². The van der Waals surface area contributed by atoms with Crippen LogP contribution in [-0.4, -0.2) is 25.6 Å². The summed E-state index contributed by atoms with van der Waals surface area (Å²) in [5, 5.41) is 2.99. The first-order valence-electron chi connectivity index (χ1n) is 5.39. The van der Waals surface area contributed by atoms with E-state index in [2.05, 4.69) is 17.0 Å². The molecule has 92 valence electrons. The molecule has 0 aromatic rings. The van der Waals surface area contributed by atoms with E-state index in [-0.39, 0.29) is 19.2 Å².